The van der Waals surface area contributed by atoms with Crippen molar-refractivity contribution in [3.63, 3.8) is 0 Å². The quantitative estimate of drug-likeness (QED) is 0.460. The van der Waals surface area contributed by atoms with E-state index in [4.69, 9.17) is 16.6 Å². The summed E-state index contributed by atoms with van der Waals surface area (Å²) in [5.41, 5.74) is 2.65. The Morgan fingerprint density at radius 2 is 2.07 bits per heavy atom. The van der Waals surface area contributed by atoms with E-state index in [1.54, 1.807) is 19.1 Å². The number of imidazole rings is 1. The first-order chi connectivity index (χ1) is 14.5. The van der Waals surface area contributed by atoms with E-state index >= 15 is 0 Å². The first kappa shape index (κ1) is 20.6. The minimum atomic E-state index is -0.360. The van der Waals surface area contributed by atoms with Gasteiger partial charge in [-0.2, -0.15) is 0 Å². The highest BCUT2D eigenvalue weighted by Gasteiger charge is 2.29. The highest BCUT2D eigenvalue weighted by molar-refractivity contribution is 6.31. The second kappa shape index (κ2) is 8.60. The zero-order chi connectivity index (χ0) is 21.3. The van der Waals surface area contributed by atoms with Gasteiger partial charge in [0.15, 0.2) is 0 Å². The Balaban J connectivity index is 1.73. The summed E-state index contributed by atoms with van der Waals surface area (Å²) < 4.78 is 16.2. The van der Waals surface area contributed by atoms with Gasteiger partial charge in [-0.3, -0.25) is 4.79 Å². The summed E-state index contributed by atoms with van der Waals surface area (Å²) in [6.07, 6.45) is 5.90. The molecule has 0 atom stereocenters. The van der Waals surface area contributed by atoms with Gasteiger partial charge in [-0.1, -0.05) is 36.6 Å². The lowest BCUT2D eigenvalue weighted by Gasteiger charge is -2.29. The zero-order valence-electron chi connectivity index (χ0n) is 17.1. The van der Waals surface area contributed by atoms with E-state index in [0.717, 1.165) is 42.5 Å². The van der Waals surface area contributed by atoms with Crippen LogP contribution < -0.4 is 0 Å². The molecule has 30 heavy (non-hydrogen) atoms. The van der Waals surface area contributed by atoms with E-state index in [2.05, 4.69) is 6.58 Å². The van der Waals surface area contributed by atoms with Gasteiger partial charge in [-0.15, -0.1) is 6.58 Å². The van der Waals surface area contributed by atoms with Crippen molar-refractivity contribution in [3.8, 4) is 0 Å². The van der Waals surface area contributed by atoms with E-state index in [0.29, 0.717) is 29.2 Å². The average molecular weight is 426 g/mol. The lowest BCUT2D eigenvalue weighted by molar-refractivity contribution is 0.0656. The van der Waals surface area contributed by atoms with Crippen LogP contribution in [0.15, 0.2) is 49.1 Å². The van der Waals surface area contributed by atoms with Crippen LogP contribution >= 0.6 is 11.6 Å². The molecule has 0 unspecified atom stereocenters. The lowest BCUT2D eigenvalue weighted by atomic mass is 10.1. The number of amides is 1. The van der Waals surface area contributed by atoms with E-state index in [-0.39, 0.29) is 17.8 Å². The molecule has 6 heteroatoms. The zero-order valence-corrected chi connectivity index (χ0v) is 17.8. The van der Waals surface area contributed by atoms with Gasteiger partial charge in [0.1, 0.15) is 11.6 Å². The standard InChI is InChI=1S/C24H25ClFN3O/c1-3-12-28-22-14-18(25)10-11-21(22)27-23(28)15-29(19-6-4-5-7-19)24(30)17-9-8-16(2)20(26)13-17/h3,8-11,13-14,19H,1,4-7,12,15H2,2H3. The molecule has 0 bridgehead atoms. The van der Waals surface area contributed by atoms with Crippen molar-refractivity contribution in [2.75, 3.05) is 0 Å². The molecule has 1 aromatic heterocycles. The predicted octanol–water partition coefficient (Wildman–Crippen LogP) is 5.91. The summed E-state index contributed by atoms with van der Waals surface area (Å²) in [4.78, 5) is 20.1. The molecule has 156 valence electrons. The number of aryl methyl sites for hydroxylation is 1. The van der Waals surface area contributed by atoms with Crippen molar-refractivity contribution < 1.29 is 9.18 Å². The van der Waals surface area contributed by atoms with Gasteiger partial charge in [-0.05, 0) is 55.7 Å². The van der Waals surface area contributed by atoms with Gasteiger partial charge >= 0.3 is 0 Å². The number of hydrogen-bond donors (Lipinski definition) is 0. The third-order valence-electron chi connectivity index (χ3n) is 5.86. The number of hydrogen-bond acceptors (Lipinski definition) is 2. The molecule has 1 aliphatic carbocycles. The number of rotatable bonds is 6. The number of carbonyl (C=O) groups is 1. The second-order valence-electron chi connectivity index (χ2n) is 7.90. The van der Waals surface area contributed by atoms with Crippen LogP contribution in [-0.2, 0) is 13.1 Å². The molecular formula is C24H25ClFN3O. The topological polar surface area (TPSA) is 38.1 Å². The van der Waals surface area contributed by atoms with Gasteiger partial charge in [0.25, 0.3) is 5.91 Å². The molecule has 1 saturated carbocycles. The van der Waals surface area contributed by atoms with E-state index in [9.17, 15) is 9.18 Å². The molecule has 0 aliphatic heterocycles. The number of halogens is 2. The number of allylic oxidation sites excluding steroid dienone is 1. The summed E-state index contributed by atoms with van der Waals surface area (Å²) in [6, 6.07) is 10.4. The highest BCUT2D eigenvalue weighted by atomic mass is 35.5. The fraction of sp³-hybridized carbons (Fsp3) is 0.333. The Kier molecular flexibility index (Phi) is 5.91. The Bertz CT molecular complexity index is 1100. The summed E-state index contributed by atoms with van der Waals surface area (Å²) >= 11 is 6.20. The molecule has 1 amide bonds. The largest absolute Gasteiger partial charge is 0.328 e. The average Bonchev–Trinajstić information content (AvgIpc) is 3.37. The van der Waals surface area contributed by atoms with E-state index in [1.807, 2.05) is 33.7 Å². The number of nitrogens with zero attached hydrogens (tertiary/aromatic N) is 3. The lowest BCUT2D eigenvalue weighted by Crippen LogP contribution is -2.39. The molecule has 0 spiro atoms. The van der Waals surface area contributed by atoms with Gasteiger partial charge in [-0.25, -0.2) is 9.37 Å². The van der Waals surface area contributed by atoms with Crippen molar-refractivity contribution >= 4 is 28.5 Å². The molecule has 0 N–H and O–H groups in total. The van der Waals surface area contributed by atoms with Crippen LogP contribution in [0.5, 0.6) is 0 Å². The molecule has 4 nitrogen and oxygen atoms in total. The van der Waals surface area contributed by atoms with Crippen molar-refractivity contribution in [1.82, 2.24) is 14.5 Å². The number of fused-ring (bicyclic) bond motifs is 1. The molecule has 0 radical (unpaired) electrons. The Hall–Kier alpha value is -2.66. The Morgan fingerprint density at radius 1 is 1.30 bits per heavy atom. The van der Waals surface area contributed by atoms with Gasteiger partial charge < -0.3 is 9.47 Å². The maximum atomic E-state index is 14.1. The molecule has 1 fully saturated rings. The molecule has 3 aromatic rings. The molecule has 4 rings (SSSR count). The van der Waals surface area contributed by atoms with Crippen LogP contribution in [0.2, 0.25) is 5.02 Å². The SMILES string of the molecule is C=CCn1c(CN(C(=O)c2ccc(C)c(F)c2)C2CCCC2)nc2ccc(Cl)cc21. The molecule has 0 saturated heterocycles. The normalized spacial score (nSPS) is 14.4. The number of carbonyl (C=O) groups excluding carboxylic acids is 1. The molecule has 1 aliphatic rings. The van der Waals surface area contributed by atoms with Gasteiger partial charge in [0, 0.05) is 23.2 Å². The van der Waals surface area contributed by atoms with Crippen molar-refractivity contribution in [3.05, 3.63) is 76.8 Å². The third kappa shape index (κ3) is 3.99. The van der Waals surface area contributed by atoms with E-state index < -0.39 is 0 Å². The van der Waals surface area contributed by atoms with Gasteiger partial charge in [0.05, 0.1) is 17.6 Å². The summed E-state index contributed by atoms with van der Waals surface area (Å²) in [7, 11) is 0. The molecule has 2 aromatic carbocycles. The monoisotopic (exact) mass is 425 g/mol. The van der Waals surface area contributed by atoms with Crippen LogP contribution in [0.1, 0.15) is 47.4 Å². The van der Waals surface area contributed by atoms with Crippen LogP contribution in [0.25, 0.3) is 11.0 Å². The maximum Gasteiger partial charge on any atom is 0.254 e. The fourth-order valence-corrected chi connectivity index (χ4v) is 4.39. The highest BCUT2D eigenvalue weighted by Crippen LogP contribution is 2.28. The summed E-state index contributed by atoms with van der Waals surface area (Å²) in [5.74, 6) is 0.261. The fourth-order valence-electron chi connectivity index (χ4n) is 4.23. The minimum absolute atomic E-state index is 0.127. The van der Waals surface area contributed by atoms with E-state index in [1.165, 1.54) is 6.07 Å². The smallest absolute Gasteiger partial charge is 0.254 e. The summed E-state index contributed by atoms with van der Waals surface area (Å²) in [5, 5.41) is 0.637. The van der Waals surface area contributed by atoms with Crippen molar-refractivity contribution in [2.24, 2.45) is 0 Å². The second-order valence-corrected chi connectivity index (χ2v) is 8.33. The van der Waals surface area contributed by atoms with Crippen LogP contribution in [0.3, 0.4) is 0 Å². The first-order valence-electron chi connectivity index (χ1n) is 10.3. The first-order valence-corrected chi connectivity index (χ1v) is 10.7. The maximum absolute atomic E-state index is 14.1. The Morgan fingerprint density at radius 3 is 2.77 bits per heavy atom. The van der Waals surface area contributed by atoms with Crippen LogP contribution in [-0.4, -0.2) is 26.4 Å². The van der Waals surface area contributed by atoms with Crippen molar-refractivity contribution in [1.29, 1.82) is 0 Å². The Labute approximate surface area is 181 Å². The number of aromatic nitrogens is 2. The third-order valence-corrected chi connectivity index (χ3v) is 6.09. The number of benzene rings is 2. The minimum Gasteiger partial charge on any atom is -0.328 e. The van der Waals surface area contributed by atoms with Gasteiger partial charge in [0.2, 0.25) is 0 Å². The summed E-state index contributed by atoms with van der Waals surface area (Å²) in [6.45, 7) is 6.48. The van der Waals surface area contributed by atoms with Crippen LogP contribution in [0.4, 0.5) is 4.39 Å². The molecular weight excluding hydrogens is 401 g/mol. The van der Waals surface area contributed by atoms with Crippen LogP contribution in [0, 0.1) is 12.7 Å². The van der Waals surface area contributed by atoms with Crippen molar-refractivity contribution in [2.45, 2.75) is 51.7 Å². The molecule has 1 heterocycles. The predicted molar refractivity (Wildman–Crippen MR) is 118 cm³/mol.